The highest BCUT2D eigenvalue weighted by molar-refractivity contribution is 5.92. The molecular weight excluding hydrogens is 515 g/mol. The standard InChI is InChI=1S/C29H20F3NO6/c1-36-20-10-7-19(8-11-20)33-25(34)16-37-21-12-13-23-24(15-21)39-28(29(30,31)32)27(26(23)35)38-22-9-6-17-4-2-3-5-18(17)14-22/h2-15H,16H2,1H3,(H,33,34). The molecule has 1 amide bonds. The number of hydrogen-bond acceptors (Lipinski definition) is 6. The Kier molecular flexibility index (Phi) is 6.84. The summed E-state index contributed by atoms with van der Waals surface area (Å²) in [6, 6.07) is 22.2. The van der Waals surface area contributed by atoms with Crippen LogP contribution in [0.5, 0.6) is 23.0 Å². The second-order valence-electron chi connectivity index (χ2n) is 8.42. The van der Waals surface area contributed by atoms with E-state index in [0.29, 0.717) is 11.4 Å². The first-order chi connectivity index (χ1) is 18.7. The van der Waals surface area contributed by atoms with E-state index >= 15 is 0 Å². The van der Waals surface area contributed by atoms with E-state index in [9.17, 15) is 22.8 Å². The van der Waals surface area contributed by atoms with Crippen LogP contribution in [0.4, 0.5) is 18.9 Å². The molecule has 7 nitrogen and oxygen atoms in total. The summed E-state index contributed by atoms with van der Waals surface area (Å²) in [6.45, 7) is -0.433. The Balaban J connectivity index is 1.40. The van der Waals surface area contributed by atoms with E-state index in [4.69, 9.17) is 18.6 Å². The zero-order valence-corrected chi connectivity index (χ0v) is 20.4. The first kappa shape index (κ1) is 25.7. The number of halogens is 3. The summed E-state index contributed by atoms with van der Waals surface area (Å²) in [5, 5.41) is 4.06. The molecule has 0 unspecified atom stereocenters. The number of ether oxygens (including phenoxy) is 3. The molecule has 1 heterocycles. The number of fused-ring (bicyclic) bond motifs is 2. The van der Waals surface area contributed by atoms with Crippen molar-refractivity contribution in [3.05, 3.63) is 101 Å². The number of anilines is 1. The van der Waals surface area contributed by atoms with Crippen molar-refractivity contribution in [2.24, 2.45) is 0 Å². The summed E-state index contributed by atoms with van der Waals surface area (Å²) >= 11 is 0. The van der Waals surface area contributed by atoms with Crippen LogP contribution in [-0.4, -0.2) is 19.6 Å². The number of alkyl halides is 3. The maximum absolute atomic E-state index is 13.9. The van der Waals surface area contributed by atoms with Crippen LogP contribution in [0.1, 0.15) is 5.76 Å². The molecule has 0 radical (unpaired) electrons. The first-order valence-corrected chi connectivity index (χ1v) is 11.6. The van der Waals surface area contributed by atoms with Gasteiger partial charge in [-0.3, -0.25) is 9.59 Å². The number of amides is 1. The largest absolute Gasteiger partial charge is 0.497 e. The van der Waals surface area contributed by atoms with Crippen molar-refractivity contribution in [2.75, 3.05) is 19.0 Å². The molecule has 39 heavy (non-hydrogen) atoms. The molecule has 0 bridgehead atoms. The molecule has 0 atom stereocenters. The van der Waals surface area contributed by atoms with Gasteiger partial charge in [0.2, 0.25) is 11.2 Å². The van der Waals surface area contributed by atoms with Crippen molar-refractivity contribution in [3.8, 4) is 23.0 Å². The highest BCUT2D eigenvalue weighted by atomic mass is 19.4. The summed E-state index contributed by atoms with van der Waals surface area (Å²) < 4.78 is 62.8. The fraction of sp³-hybridized carbons (Fsp3) is 0.103. The van der Waals surface area contributed by atoms with Crippen LogP contribution in [0.15, 0.2) is 94.1 Å². The molecule has 198 valence electrons. The average molecular weight is 535 g/mol. The third-order valence-corrected chi connectivity index (χ3v) is 5.76. The van der Waals surface area contributed by atoms with Crippen molar-refractivity contribution in [3.63, 3.8) is 0 Å². The summed E-state index contributed by atoms with van der Waals surface area (Å²) in [4.78, 5) is 25.3. The second kappa shape index (κ2) is 10.4. The predicted octanol–water partition coefficient (Wildman–Crippen LogP) is 6.78. The SMILES string of the molecule is COc1ccc(NC(=O)COc2ccc3c(=O)c(Oc4ccc5ccccc5c4)c(C(F)(F)F)oc3c2)cc1. The molecule has 0 saturated carbocycles. The van der Waals surface area contributed by atoms with E-state index in [1.165, 1.54) is 31.4 Å². The van der Waals surface area contributed by atoms with Gasteiger partial charge >= 0.3 is 6.18 Å². The van der Waals surface area contributed by atoms with Crippen molar-refractivity contribution in [1.29, 1.82) is 0 Å². The Hall–Kier alpha value is -4.99. The highest BCUT2D eigenvalue weighted by Crippen LogP contribution is 2.39. The van der Waals surface area contributed by atoms with Gasteiger partial charge in [0.15, 0.2) is 6.61 Å². The van der Waals surface area contributed by atoms with Gasteiger partial charge in [0.05, 0.1) is 12.5 Å². The number of benzene rings is 4. The van der Waals surface area contributed by atoms with E-state index < -0.39 is 35.6 Å². The summed E-state index contributed by atoms with van der Waals surface area (Å²) in [6.07, 6.45) is -5.02. The van der Waals surface area contributed by atoms with Crippen LogP contribution in [0.2, 0.25) is 0 Å². The van der Waals surface area contributed by atoms with Crippen molar-refractivity contribution in [2.45, 2.75) is 6.18 Å². The second-order valence-corrected chi connectivity index (χ2v) is 8.42. The molecule has 0 aliphatic carbocycles. The molecule has 0 aliphatic heterocycles. The van der Waals surface area contributed by atoms with E-state index in [0.717, 1.165) is 16.8 Å². The van der Waals surface area contributed by atoms with Crippen LogP contribution in [0, 0.1) is 0 Å². The van der Waals surface area contributed by atoms with Gasteiger partial charge in [-0.1, -0.05) is 30.3 Å². The van der Waals surface area contributed by atoms with Crippen LogP contribution in [0.3, 0.4) is 0 Å². The first-order valence-electron chi connectivity index (χ1n) is 11.6. The number of hydrogen-bond donors (Lipinski definition) is 1. The van der Waals surface area contributed by atoms with Crippen LogP contribution in [-0.2, 0) is 11.0 Å². The van der Waals surface area contributed by atoms with Crippen LogP contribution >= 0.6 is 0 Å². The molecule has 1 aromatic heterocycles. The predicted molar refractivity (Wildman–Crippen MR) is 139 cm³/mol. The van der Waals surface area contributed by atoms with Gasteiger partial charge in [-0.25, -0.2) is 0 Å². The lowest BCUT2D eigenvalue weighted by Crippen LogP contribution is -2.20. The third kappa shape index (κ3) is 5.64. The van der Waals surface area contributed by atoms with E-state index in [1.807, 2.05) is 12.1 Å². The minimum absolute atomic E-state index is 0.0341. The van der Waals surface area contributed by atoms with Gasteiger partial charge in [0.25, 0.3) is 11.7 Å². The number of carbonyl (C=O) groups excluding carboxylic acids is 1. The van der Waals surface area contributed by atoms with Crippen molar-refractivity contribution < 1.29 is 36.6 Å². The lowest BCUT2D eigenvalue weighted by Gasteiger charge is -2.14. The van der Waals surface area contributed by atoms with Crippen LogP contribution in [0.25, 0.3) is 21.7 Å². The van der Waals surface area contributed by atoms with Crippen LogP contribution < -0.4 is 25.0 Å². The summed E-state index contributed by atoms with van der Waals surface area (Å²) in [5.41, 5.74) is -0.866. The Morgan fingerprint density at radius 3 is 2.28 bits per heavy atom. The van der Waals surface area contributed by atoms with Gasteiger partial charge in [-0.2, -0.15) is 13.2 Å². The highest BCUT2D eigenvalue weighted by Gasteiger charge is 2.40. The monoisotopic (exact) mass is 535 g/mol. The smallest absolute Gasteiger partial charge is 0.453 e. The molecule has 4 aromatic carbocycles. The fourth-order valence-electron chi connectivity index (χ4n) is 3.89. The summed E-state index contributed by atoms with van der Waals surface area (Å²) in [5.74, 6) is -2.36. The molecule has 0 fully saturated rings. The normalized spacial score (nSPS) is 11.4. The number of nitrogens with one attached hydrogen (secondary N) is 1. The Morgan fingerprint density at radius 2 is 1.56 bits per heavy atom. The van der Waals surface area contributed by atoms with Crippen molar-refractivity contribution in [1.82, 2.24) is 0 Å². The number of methoxy groups -OCH3 is 1. The Bertz CT molecular complexity index is 1730. The maximum Gasteiger partial charge on any atom is 0.453 e. The minimum atomic E-state index is -5.02. The third-order valence-electron chi connectivity index (χ3n) is 5.76. The molecule has 0 spiro atoms. The number of carbonyl (C=O) groups is 1. The molecule has 0 aliphatic rings. The lowest BCUT2D eigenvalue weighted by molar-refractivity contribution is -0.154. The van der Waals surface area contributed by atoms with E-state index in [2.05, 4.69) is 5.32 Å². The van der Waals surface area contributed by atoms with Gasteiger partial charge in [0, 0.05) is 11.8 Å². The molecular formula is C29H20F3NO6. The van der Waals surface area contributed by atoms with Gasteiger partial charge in [0.1, 0.15) is 22.8 Å². The summed E-state index contributed by atoms with van der Waals surface area (Å²) in [7, 11) is 1.52. The molecule has 1 N–H and O–H groups in total. The molecule has 10 heteroatoms. The van der Waals surface area contributed by atoms with E-state index in [-0.39, 0.29) is 22.5 Å². The fourth-order valence-corrected chi connectivity index (χ4v) is 3.89. The van der Waals surface area contributed by atoms with E-state index in [1.54, 1.807) is 42.5 Å². The zero-order chi connectivity index (χ0) is 27.6. The molecule has 5 rings (SSSR count). The Labute approximate surface area is 219 Å². The zero-order valence-electron chi connectivity index (χ0n) is 20.4. The lowest BCUT2D eigenvalue weighted by atomic mass is 10.1. The molecule has 0 saturated heterocycles. The average Bonchev–Trinajstić information content (AvgIpc) is 2.93. The quantitative estimate of drug-likeness (QED) is 0.247. The number of rotatable bonds is 7. The minimum Gasteiger partial charge on any atom is -0.497 e. The van der Waals surface area contributed by atoms with Gasteiger partial charge < -0.3 is 23.9 Å². The molecule has 5 aromatic rings. The van der Waals surface area contributed by atoms with Gasteiger partial charge in [-0.15, -0.1) is 0 Å². The van der Waals surface area contributed by atoms with Gasteiger partial charge in [-0.05, 0) is 59.3 Å². The topological polar surface area (TPSA) is 87.0 Å². The van der Waals surface area contributed by atoms with Crippen molar-refractivity contribution >= 4 is 33.3 Å². The maximum atomic E-state index is 13.9. The Morgan fingerprint density at radius 1 is 0.872 bits per heavy atom.